The third kappa shape index (κ3) is 5.80. The molecule has 0 N–H and O–H groups in total. The van der Waals surface area contributed by atoms with Crippen LogP contribution in [0.4, 0.5) is 0 Å². The van der Waals surface area contributed by atoms with Crippen LogP contribution in [-0.4, -0.2) is 23.8 Å². The van der Waals surface area contributed by atoms with Gasteiger partial charge in [-0.1, -0.05) is 26.2 Å². The minimum atomic E-state index is 0.296. The Morgan fingerprint density at radius 3 is 2.26 bits per heavy atom. The Labute approximate surface area is 119 Å². The van der Waals surface area contributed by atoms with E-state index < -0.39 is 0 Å². The lowest BCUT2D eigenvalue weighted by Gasteiger charge is -2.27. The normalized spacial score (nSPS) is 23.7. The first kappa shape index (κ1) is 16.3. The van der Waals surface area contributed by atoms with Gasteiger partial charge in [0, 0.05) is 25.2 Å². The van der Waals surface area contributed by atoms with Gasteiger partial charge in [-0.15, -0.1) is 0 Å². The molecule has 0 radical (unpaired) electrons. The van der Waals surface area contributed by atoms with Gasteiger partial charge >= 0.3 is 0 Å². The molecule has 1 aliphatic rings. The van der Waals surface area contributed by atoms with Gasteiger partial charge in [-0.25, -0.2) is 0 Å². The van der Waals surface area contributed by atoms with E-state index in [0.717, 1.165) is 31.8 Å². The van der Waals surface area contributed by atoms with Gasteiger partial charge in [0.1, 0.15) is 0 Å². The fraction of sp³-hybridized carbons (Fsp3) is 0.824. The monoisotopic (exact) mass is 265 g/mol. The molecule has 0 unspecified atom stereocenters. The van der Waals surface area contributed by atoms with E-state index in [-0.39, 0.29) is 0 Å². The zero-order chi connectivity index (χ0) is 14.1. The van der Waals surface area contributed by atoms with E-state index in [1.807, 2.05) is 12.3 Å². The molecule has 1 rings (SSSR count). The second-order valence-electron chi connectivity index (χ2n) is 5.80. The van der Waals surface area contributed by atoms with Crippen molar-refractivity contribution < 1.29 is 4.79 Å². The maximum Gasteiger partial charge on any atom is 0.160 e. The summed E-state index contributed by atoms with van der Waals surface area (Å²) >= 11 is 0. The van der Waals surface area contributed by atoms with Crippen LogP contribution in [0.2, 0.25) is 0 Å². The largest absolute Gasteiger partial charge is 0.378 e. The van der Waals surface area contributed by atoms with Crippen LogP contribution in [-0.2, 0) is 4.79 Å². The summed E-state index contributed by atoms with van der Waals surface area (Å²) in [6.07, 6.45) is 12.5. The summed E-state index contributed by atoms with van der Waals surface area (Å²) in [4.78, 5) is 14.3. The molecule has 0 aliphatic heterocycles. The van der Waals surface area contributed by atoms with Crippen LogP contribution in [0.5, 0.6) is 0 Å². The smallest absolute Gasteiger partial charge is 0.160 e. The van der Waals surface area contributed by atoms with E-state index in [2.05, 4.69) is 25.7 Å². The maximum atomic E-state index is 12.1. The number of unbranched alkanes of at least 4 members (excludes halogenated alkanes) is 1. The van der Waals surface area contributed by atoms with E-state index in [1.165, 1.54) is 32.1 Å². The molecule has 0 spiro atoms. The highest BCUT2D eigenvalue weighted by molar-refractivity contribution is 5.91. The highest BCUT2D eigenvalue weighted by Crippen LogP contribution is 2.32. The van der Waals surface area contributed by atoms with Gasteiger partial charge in [0.25, 0.3) is 0 Å². The summed E-state index contributed by atoms with van der Waals surface area (Å²) in [7, 11) is 0. The molecule has 0 saturated heterocycles. The summed E-state index contributed by atoms with van der Waals surface area (Å²) in [6.45, 7) is 8.45. The fourth-order valence-corrected chi connectivity index (χ4v) is 2.98. The number of hydrogen-bond acceptors (Lipinski definition) is 2. The van der Waals surface area contributed by atoms with Crippen molar-refractivity contribution in [3.05, 3.63) is 12.3 Å². The summed E-state index contributed by atoms with van der Waals surface area (Å²) in [5.41, 5.74) is 0. The van der Waals surface area contributed by atoms with Crippen molar-refractivity contribution in [3.63, 3.8) is 0 Å². The number of rotatable bonds is 8. The van der Waals surface area contributed by atoms with Crippen molar-refractivity contribution >= 4 is 5.78 Å². The Kier molecular flexibility index (Phi) is 7.85. The highest BCUT2D eigenvalue weighted by atomic mass is 16.1. The van der Waals surface area contributed by atoms with E-state index in [4.69, 9.17) is 0 Å². The summed E-state index contributed by atoms with van der Waals surface area (Å²) in [6, 6.07) is 0. The first-order valence-electron chi connectivity index (χ1n) is 8.17. The molecule has 110 valence electrons. The standard InChI is InChI=1S/C17H31NO/c1-4-7-8-15-9-11-16(12-10-15)17(19)13-14-18(5-2)6-3/h13-16H,4-12H2,1-3H3/b14-13+. The van der Waals surface area contributed by atoms with E-state index in [0.29, 0.717) is 11.7 Å². The fourth-order valence-electron chi connectivity index (χ4n) is 2.98. The second-order valence-corrected chi connectivity index (χ2v) is 5.80. The lowest BCUT2D eigenvalue weighted by atomic mass is 9.78. The van der Waals surface area contributed by atoms with Gasteiger partial charge in [0.15, 0.2) is 5.78 Å². The molecule has 0 bridgehead atoms. The van der Waals surface area contributed by atoms with Gasteiger partial charge < -0.3 is 4.90 Å². The molecule has 0 aromatic carbocycles. The van der Waals surface area contributed by atoms with Gasteiger partial charge in [-0.05, 0) is 51.5 Å². The zero-order valence-corrected chi connectivity index (χ0v) is 13.0. The quantitative estimate of drug-likeness (QED) is 0.606. The average molecular weight is 265 g/mol. The van der Waals surface area contributed by atoms with Crippen molar-refractivity contribution in [1.29, 1.82) is 0 Å². The van der Waals surface area contributed by atoms with Crippen molar-refractivity contribution in [2.75, 3.05) is 13.1 Å². The van der Waals surface area contributed by atoms with Crippen LogP contribution in [0.15, 0.2) is 12.3 Å². The Hall–Kier alpha value is -0.790. The van der Waals surface area contributed by atoms with Gasteiger partial charge in [-0.3, -0.25) is 4.79 Å². The van der Waals surface area contributed by atoms with Crippen LogP contribution >= 0.6 is 0 Å². The van der Waals surface area contributed by atoms with Crippen molar-refractivity contribution in [1.82, 2.24) is 4.90 Å². The van der Waals surface area contributed by atoms with Crippen LogP contribution < -0.4 is 0 Å². The minimum Gasteiger partial charge on any atom is -0.378 e. The van der Waals surface area contributed by atoms with E-state index >= 15 is 0 Å². The van der Waals surface area contributed by atoms with Crippen LogP contribution in [0.25, 0.3) is 0 Å². The molecular formula is C17H31NO. The van der Waals surface area contributed by atoms with Crippen molar-refractivity contribution in [2.24, 2.45) is 11.8 Å². The Morgan fingerprint density at radius 1 is 1.11 bits per heavy atom. The number of nitrogens with zero attached hydrogens (tertiary/aromatic N) is 1. The first-order valence-corrected chi connectivity index (χ1v) is 8.17. The lowest BCUT2D eigenvalue weighted by molar-refractivity contribution is -0.119. The van der Waals surface area contributed by atoms with Gasteiger partial charge in [0.2, 0.25) is 0 Å². The van der Waals surface area contributed by atoms with Crippen LogP contribution in [0, 0.1) is 11.8 Å². The van der Waals surface area contributed by atoms with E-state index in [1.54, 1.807) is 0 Å². The topological polar surface area (TPSA) is 20.3 Å². The van der Waals surface area contributed by atoms with Gasteiger partial charge in [-0.2, -0.15) is 0 Å². The molecule has 0 atom stereocenters. The molecule has 0 heterocycles. The molecule has 2 heteroatoms. The number of carbonyl (C=O) groups is 1. The molecule has 0 aromatic rings. The molecule has 19 heavy (non-hydrogen) atoms. The number of hydrogen-bond donors (Lipinski definition) is 0. The molecule has 1 saturated carbocycles. The predicted molar refractivity (Wildman–Crippen MR) is 82.0 cm³/mol. The number of ketones is 1. The number of allylic oxidation sites excluding steroid dienone is 1. The molecular weight excluding hydrogens is 234 g/mol. The summed E-state index contributed by atoms with van der Waals surface area (Å²) < 4.78 is 0. The summed E-state index contributed by atoms with van der Waals surface area (Å²) in [5, 5.41) is 0. The Morgan fingerprint density at radius 2 is 1.74 bits per heavy atom. The van der Waals surface area contributed by atoms with Crippen molar-refractivity contribution in [2.45, 2.75) is 65.7 Å². The number of carbonyl (C=O) groups excluding carboxylic acids is 1. The Bertz CT molecular complexity index is 273. The molecule has 1 fully saturated rings. The highest BCUT2D eigenvalue weighted by Gasteiger charge is 2.24. The maximum absolute atomic E-state index is 12.1. The molecule has 1 aliphatic carbocycles. The molecule has 2 nitrogen and oxygen atoms in total. The molecule has 0 aromatic heterocycles. The van der Waals surface area contributed by atoms with Crippen molar-refractivity contribution in [3.8, 4) is 0 Å². The van der Waals surface area contributed by atoms with Gasteiger partial charge in [0.05, 0.1) is 0 Å². The second kappa shape index (κ2) is 9.17. The Balaban J connectivity index is 2.32. The average Bonchev–Trinajstić information content (AvgIpc) is 2.46. The third-order valence-electron chi connectivity index (χ3n) is 4.48. The third-order valence-corrected chi connectivity index (χ3v) is 4.48. The molecule has 0 amide bonds. The lowest BCUT2D eigenvalue weighted by Crippen LogP contribution is -2.22. The minimum absolute atomic E-state index is 0.296. The first-order chi connectivity index (χ1) is 9.21. The SMILES string of the molecule is CCCCC1CCC(C(=O)/C=C/N(CC)CC)CC1. The van der Waals surface area contributed by atoms with Crippen LogP contribution in [0.1, 0.15) is 65.7 Å². The van der Waals surface area contributed by atoms with E-state index in [9.17, 15) is 4.79 Å². The van der Waals surface area contributed by atoms with Crippen LogP contribution in [0.3, 0.4) is 0 Å². The zero-order valence-electron chi connectivity index (χ0n) is 13.0. The summed E-state index contributed by atoms with van der Waals surface area (Å²) in [5.74, 6) is 1.53. The predicted octanol–water partition coefficient (Wildman–Crippen LogP) is 4.41.